The predicted molar refractivity (Wildman–Crippen MR) is 54.3 cm³/mol. The summed E-state index contributed by atoms with van der Waals surface area (Å²) in [5.41, 5.74) is -0.362. The van der Waals surface area contributed by atoms with E-state index in [0.717, 1.165) is 0 Å². The van der Waals surface area contributed by atoms with Gasteiger partial charge in [-0.3, -0.25) is 4.79 Å². The highest BCUT2D eigenvalue weighted by molar-refractivity contribution is 5.70. The van der Waals surface area contributed by atoms with Crippen molar-refractivity contribution >= 4 is 5.97 Å². The lowest BCUT2D eigenvalue weighted by Gasteiger charge is -2.15. The van der Waals surface area contributed by atoms with Crippen molar-refractivity contribution in [3.63, 3.8) is 0 Å². The molecule has 0 bridgehead atoms. The number of carbonyl (C=O) groups is 1. The number of carboxylic acids is 1. The number of aryl methyl sites for hydroxylation is 1. The molecular weight excluding hydrogens is 214 g/mol. The van der Waals surface area contributed by atoms with E-state index >= 15 is 0 Å². The largest absolute Gasteiger partial charge is 0.481 e. The fourth-order valence-electron chi connectivity index (χ4n) is 2.16. The van der Waals surface area contributed by atoms with Crippen molar-refractivity contribution in [1.29, 1.82) is 0 Å². The minimum Gasteiger partial charge on any atom is -0.481 e. The second-order valence-electron chi connectivity index (χ2n) is 4.45. The van der Waals surface area contributed by atoms with Gasteiger partial charge in [0.1, 0.15) is 11.6 Å². The van der Waals surface area contributed by atoms with Gasteiger partial charge in [0.05, 0.1) is 6.42 Å². The first-order chi connectivity index (χ1) is 7.44. The number of carboxylic acid groups (broad SMARTS) is 1. The van der Waals surface area contributed by atoms with Crippen molar-refractivity contribution in [3.05, 3.63) is 34.9 Å². The Morgan fingerprint density at radius 2 is 1.88 bits per heavy atom. The van der Waals surface area contributed by atoms with E-state index in [1.807, 2.05) is 0 Å². The number of rotatable bonds is 3. The van der Waals surface area contributed by atoms with Crippen LogP contribution in [0.5, 0.6) is 0 Å². The van der Waals surface area contributed by atoms with Gasteiger partial charge in [-0.05, 0) is 37.5 Å². The van der Waals surface area contributed by atoms with Crippen molar-refractivity contribution in [2.24, 2.45) is 0 Å². The molecule has 0 unspecified atom stereocenters. The molecule has 0 aliphatic heterocycles. The molecule has 1 aliphatic rings. The van der Waals surface area contributed by atoms with Crippen molar-refractivity contribution in [2.75, 3.05) is 0 Å². The number of halogens is 2. The molecule has 2 rings (SSSR count). The molecule has 1 aromatic carbocycles. The standard InChI is InChI=1S/C12H12F2O2/c1-7-4-8(13)11(9(14)5-7)12(2-3-12)6-10(15)16/h4-5H,2-3,6H2,1H3,(H,15,16). The molecule has 1 saturated carbocycles. The van der Waals surface area contributed by atoms with Crippen LogP contribution in [-0.2, 0) is 10.2 Å². The molecular formula is C12H12F2O2. The molecule has 86 valence electrons. The molecule has 2 nitrogen and oxygen atoms in total. The average Bonchev–Trinajstić information content (AvgIpc) is 2.81. The van der Waals surface area contributed by atoms with Crippen LogP contribution >= 0.6 is 0 Å². The van der Waals surface area contributed by atoms with Gasteiger partial charge in [0, 0.05) is 11.0 Å². The zero-order valence-corrected chi connectivity index (χ0v) is 8.89. The lowest BCUT2D eigenvalue weighted by atomic mass is 9.90. The number of hydrogen-bond donors (Lipinski definition) is 1. The highest BCUT2D eigenvalue weighted by Gasteiger charge is 2.49. The monoisotopic (exact) mass is 226 g/mol. The topological polar surface area (TPSA) is 37.3 Å². The van der Waals surface area contributed by atoms with Crippen LogP contribution in [0, 0.1) is 18.6 Å². The maximum atomic E-state index is 13.7. The third-order valence-corrected chi connectivity index (χ3v) is 3.06. The first-order valence-electron chi connectivity index (χ1n) is 5.12. The smallest absolute Gasteiger partial charge is 0.304 e. The second kappa shape index (κ2) is 3.54. The zero-order chi connectivity index (χ0) is 11.9. The summed E-state index contributed by atoms with van der Waals surface area (Å²) < 4.78 is 27.3. The summed E-state index contributed by atoms with van der Waals surface area (Å²) in [6.45, 7) is 1.60. The Morgan fingerprint density at radius 1 is 1.38 bits per heavy atom. The normalized spacial score (nSPS) is 17.2. The molecule has 1 N–H and O–H groups in total. The van der Waals surface area contributed by atoms with E-state index < -0.39 is 23.0 Å². The van der Waals surface area contributed by atoms with Gasteiger partial charge in [0.25, 0.3) is 0 Å². The summed E-state index contributed by atoms with van der Waals surface area (Å²) >= 11 is 0. The Balaban J connectivity index is 2.44. The summed E-state index contributed by atoms with van der Waals surface area (Å²) in [5.74, 6) is -2.27. The number of aliphatic carboxylic acids is 1. The van der Waals surface area contributed by atoms with E-state index in [0.29, 0.717) is 18.4 Å². The van der Waals surface area contributed by atoms with Gasteiger partial charge in [-0.25, -0.2) is 8.78 Å². The maximum Gasteiger partial charge on any atom is 0.304 e. The third kappa shape index (κ3) is 1.79. The molecule has 0 amide bonds. The van der Waals surface area contributed by atoms with Gasteiger partial charge in [-0.15, -0.1) is 0 Å². The minimum absolute atomic E-state index is 0.0551. The predicted octanol–water partition coefficient (Wildman–Crippen LogP) is 2.78. The molecule has 1 fully saturated rings. The van der Waals surface area contributed by atoms with Crippen LogP contribution < -0.4 is 0 Å². The van der Waals surface area contributed by atoms with Gasteiger partial charge < -0.3 is 5.11 Å². The first kappa shape index (κ1) is 11.0. The van der Waals surface area contributed by atoms with Crippen LogP contribution in [0.15, 0.2) is 12.1 Å². The van der Waals surface area contributed by atoms with Crippen LogP contribution in [0.2, 0.25) is 0 Å². The quantitative estimate of drug-likeness (QED) is 0.860. The summed E-state index contributed by atoms with van der Waals surface area (Å²) in [5, 5.41) is 8.74. The molecule has 0 spiro atoms. The van der Waals surface area contributed by atoms with E-state index in [1.54, 1.807) is 6.92 Å². The molecule has 4 heteroatoms. The van der Waals surface area contributed by atoms with Gasteiger partial charge in [0.15, 0.2) is 0 Å². The third-order valence-electron chi connectivity index (χ3n) is 3.06. The van der Waals surface area contributed by atoms with Crippen LogP contribution in [0.4, 0.5) is 8.78 Å². The Bertz CT molecular complexity index is 427. The van der Waals surface area contributed by atoms with Crippen LogP contribution in [0.25, 0.3) is 0 Å². The fraction of sp³-hybridized carbons (Fsp3) is 0.417. The SMILES string of the molecule is Cc1cc(F)c(C2(CC(=O)O)CC2)c(F)c1. The van der Waals surface area contributed by atoms with Crippen LogP contribution in [0.1, 0.15) is 30.4 Å². The second-order valence-corrected chi connectivity index (χ2v) is 4.45. The van der Waals surface area contributed by atoms with E-state index in [-0.39, 0.29) is 12.0 Å². The maximum absolute atomic E-state index is 13.7. The van der Waals surface area contributed by atoms with E-state index in [9.17, 15) is 13.6 Å². The van der Waals surface area contributed by atoms with Gasteiger partial charge in [-0.2, -0.15) is 0 Å². The summed E-state index contributed by atoms with van der Waals surface area (Å²) in [6.07, 6.45) is 0.871. The van der Waals surface area contributed by atoms with Crippen molar-refractivity contribution < 1.29 is 18.7 Å². The lowest BCUT2D eigenvalue weighted by Crippen LogP contribution is -2.16. The van der Waals surface area contributed by atoms with Gasteiger partial charge >= 0.3 is 5.97 Å². The van der Waals surface area contributed by atoms with Crippen molar-refractivity contribution in [2.45, 2.75) is 31.6 Å². The van der Waals surface area contributed by atoms with Crippen LogP contribution in [0.3, 0.4) is 0 Å². The van der Waals surface area contributed by atoms with Crippen molar-refractivity contribution in [1.82, 2.24) is 0 Å². The highest BCUT2D eigenvalue weighted by atomic mass is 19.1. The van der Waals surface area contributed by atoms with Crippen molar-refractivity contribution in [3.8, 4) is 0 Å². The molecule has 0 atom stereocenters. The lowest BCUT2D eigenvalue weighted by molar-refractivity contribution is -0.137. The van der Waals surface area contributed by atoms with Gasteiger partial charge in [-0.1, -0.05) is 0 Å². The summed E-state index contributed by atoms with van der Waals surface area (Å²) in [6, 6.07) is 2.50. The molecule has 16 heavy (non-hydrogen) atoms. The van der Waals surface area contributed by atoms with Gasteiger partial charge in [0.2, 0.25) is 0 Å². The summed E-state index contributed by atoms with van der Waals surface area (Å²) in [7, 11) is 0. The summed E-state index contributed by atoms with van der Waals surface area (Å²) in [4.78, 5) is 10.7. The zero-order valence-electron chi connectivity index (χ0n) is 8.89. The highest BCUT2D eigenvalue weighted by Crippen LogP contribution is 2.52. The van der Waals surface area contributed by atoms with E-state index in [4.69, 9.17) is 5.11 Å². The molecule has 0 radical (unpaired) electrons. The van der Waals surface area contributed by atoms with Crippen LogP contribution in [-0.4, -0.2) is 11.1 Å². The van der Waals surface area contributed by atoms with E-state index in [1.165, 1.54) is 12.1 Å². The molecule has 0 saturated heterocycles. The molecule has 0 heterocycles. The number of benzene rings is 1. The van der Waals surface area contributed by atoms with E-state index in [2.05, 4.69) is 0 Å². The first-order valence-corrected chi connectivity index (χ1v) is 5.12. The fourth-order valence-corrected chi connectivity index (χ4v) is 2.16. The Morgan fingerprint density at radius 3 is 2.25 bits per heavy atom. The molecule has 0 aromatic heterocycles. The Hall–Kier alpha value is -1.45. The Labute approximate surface area is 91.9 Å². The molecule has 1 aromatic rings. The Kier molecular flexibility index (Phi) is 2.45. The number of hydrogen-bond acceptors (Lipinski definition) is 1. The molecule has 1 aliphatic carbocycles. The average molecular weight is 226 g/mol. The minimum atomic E-state index is -1.02.